The van der Waals surface area contributed by atoms with E-state index in [1.807, 2.05) is 4.90 Å². The Morgan fingerprint density at radius 3 is 2.88 bits per heavy atom. The predicted molar refractivity (Wildman–Crippen MR) is 62.7 cm³/mol. The zero-order valence-electron chi connectivity index (χ0n) is 10.0. The van der Waals surface area contributed by atoms with Crippen LogP contribution in [0.5, 0.6) is 0 Å². The summed E-state index contributed by atoms with van der Waals surface area (Å²) in [7, 11) is 0. The molecule has 0 aromatic rings. The van der Waals surface area contributed by atoms with Gasteiger partial charge in [0.15, 0.2) is 0 Å². The molecule has 1 saturated heterocycles. The minimum Gasteiger partial charge on any atom is -0.481 e. The van der Waals surface area contributed by atoms with Crippen LogP contribution in [0.3, 0.4) is 0 Å². The van der Waals surface area contributed by atoms with E-state index in [9.17, 15) is 9.59 Å². The molecule has 0 spiro atoms. The van der Waals surface area contributed by atoms with Crippen LogP contribution in [0.1, 0.15) is 38.5 Å². The van der Waals surface area contributed by atoms with Crippen molar-refractivity contribution in [2.75, 3.05) is 13.1 Å². The Morgan fingerprint density at radius 1 is 1.29 bits per heavy atom. The molecule has 96 valence electrons. The molecule has 2 unspecified atom stereocenters. The number of hydrogen-bond donors (Lipinski definition) is 2. The van der Waals surface area contributed by atoms with Crippen LogP contribution in [0.15, 0.2) is 0 Å². The monoisotopic (exact) mass is 240 g/mol. The van der Waals surface area contributed by atoms with Crippen LogP contribution >= 0.6 is 0 Å². The van der Waals surface area contributed by atoms with Gasteiger partial charge in [-0.25, -0.2) is 4.79 Å². The van der Waals surface area contributed by atoms with Crippen LogP contribution in [-0.2, 0) is 4.79 Å². The summed E-state index contributed by atoms with van der Waals surface area (Å²) in [5.74, 6) is -0.101. The van der Waals surface area contributed by atoms with E-state index in [2.05, 4.69) is 5.32 Å². The number of likely N-dealkylation sites (tertiary alicyclic amines) is 1. The Kier molecular flexibility index (Phi) is 3.86. The van der Waals surface area contributed by atoms with Gasteiger partial charge in [0, 0.05) is 25.6 Å². The molecule has 0 radical (unpaired) electrons. The second kappa shape index (κ2) is 5.38. The average molecular weight is 240 g/mol. The highest BCUT2D eigenvalue weighted by Gasteiger charge is 2.39. The van der Waals surface area contributed by atoms with Gasteiger partial charge < -0.3 is 15.3 Å². The standard InChI is InChI=1S/C12H20N2O3/c15-11(16)5-2-7-13-12(17)14-8-6-9-3-1-4-10(9)14/h9-10H,1-8H2,(H,13,17)(H,15,16). The quantitative estimate of drug-likeness (QED) is 0.730. The number of urea groups is 1. The fraction of sp³-hybridized carbons (Fsp3) is 0.833. The van der Waals surface area contributed by atoms with Gasteiger partial charge in [-0.2, -0.15) is 0 Å². The molecule has 2 fully saturated rings. The number of carbonyl (C=O) groups excluding carboxylic acids is 1. The van der Waals surface area contributed by atoms with Crippen molar-refractivity contribution in [3.05, 3.63) is 0 Å². The molecule has 2 rings (SSSR count). The van der Waals surface area contributed by atoms with Crippen LogP contribution in [0.4, 0.5) is 4.79 Å². The lowest BCUT2D eigenvalue weighted by atomic mass is 10.1. The summed E-state index contributed by atoms with van der Waals surface area (Å²) in [5, 5.41) is 11.3. The van der Waals surface area contributed by atoms with Crippen molar-refractivity contribution < 1.29 is 14.7 Å². The number of carboxylic acids is 1. The number of nitrogens with zero attached hydrogens (tertiary/aromatic N) is 1. The zero-order valence-corrected chi connectivity index (χ0v) is 10.0. The minimum absolute atomic E-state index is 0.00945. The lowest BCUT2D eigenvalue weighted by Crippen LogP contribution is -2.43. The third kappa shape index (κ3) is 2.90. The van der Waals surface area contributed by atoms with Crippen molar-refractivity contribution >= 4 is 12.0 Å². The number of fused-ring (bicyclic) bond motifs is 1. The van der Waals surface area contributed by atoms with Crippen molar-refractivity contribution in [3.63, 3.8) is 0 Å². The third-order valence-electron chi connectivity index (χ3n) is 3.86. The highest BCUT2D eigenvalue weighted by atomic mass is 16.4. The van der Waals surface area contributed by atoms with E-state index in [1.165, 1.54) is 12.8 Å². The van der Waals surface area contributed by atoms with E-state index < -0.39 is 5.97 Å². The minimum atomic E-state index is -0.809. The van der Waals surface area contributed by atoms with Gasteiger partial charge in [0.2, 0.25) is 0 Å². The van der Waals surface area contributed by atoms with Gasteiger partial charge in [0.1, 0.15) is 0 Å². The molecule has 5 heteroatoms. The predicted octanol–water partition coefficient (Wildman–Crippen LogP) is 1.44. The molecular formula is C12H20N2O3. The fourth-order valence-electron chi connectivity index (χ4n) is 3.02. The molecule has 5 nitrogen and oxygen atoms in total. The number of carbonyl (C=O) groups is 2. The van der Waals surface area contributed by atoms with Gasteiger partial charge in [0.25, 0.3) is 0 Å². The topological polar surface area (TPSA) is 69.6 Å². The van der Waals surface area contributed by atoms with Crippen molar-refractivity contribution in [1.29, 1.82) is 0 Å². The number of nitrogens with one attached hydrogen (secondary N) is 1. The zero-order chi connectivity index (χ0) is 12.3. The summed E-state index contributed by atoms with van der Waals surface area (Å²) >= 11 is 0. The molecule has 2 atom stereocenters. The van der Waals surface area contributed by atoms with Crippen molar-refractivity contribution in [1.82, 2.24) is 10.2 Å². The smallest absolute Gasteiger partial charge is 0.317 e. The highest BCUT2D eigenvalue weighted by molar-refractivity contribution is 5.75. The summed E-state index contributed by atoms with van der Waals surface area (Å²) in [6, 6.07) is 0.430. The molecule has 2 amide bonds. The summed E-state index contributed by atoms with van der Waals surface area (Å²) in [5.41, 5.74) is 0. The maximum absolute atomic E-state index is 11.9. The van der Waals surface area contributed by atoms with Gasteiger partial charge in [-0.05, 0) is 31.6 Å². The maximum atomic E-state index is 11.9. The molecule has 2 N–H and O–H groups in total. The first-order valence-electron chi connectivity index (χ1n) is 6.45. The van der Waals surface area contributed by atoms with Crippen molar-refractivity contribution in [2.24, 2.45) is 5.92 Å². The molecule has 1 heterocycles. The average Bonchev–Trinajstić information content (AvgIpc) is 2.85. The number of hydrogen-bond acceptors (Lipinski definition) is 2. The van der Waals surface area contributed by atoms with E-state index in [1.54, 1.807) is 0 Å². The number of carboxylic acid groups (broad SMARTS) is 1. The Bertz CT molecular complexity index is 306. The van der Waals surface area contributed by atoms with Crippen molar-refractivity contribution in [3.8, 4) is 0 Å². The molecule has 2 aliphatic rings. The molecule has 1 aliphatic carbocycles. The normalized spacial score (nSPS) is 26.9. The molecular weight excluding hydrogens is 220 g/mol. The van der Waals surface area contributed by atoms with Crippen LogP contribution < -0.4 is 5.32 Å². The molecule has 1 saturated carbocycles. The van der Waals surface area contributed by atoms with Gasteiger partial charge in [-0.15, -0.1) is 0 Å². The first-order chi connectivity index (χ1) is 8.18. The molecule has 1 aliphatic heterocycles. The van der Waals surface area contributed by atoms with E-state index in [0.29, 0.717) is 24.9 Å². The highest BCUT2D eigenvalue weighted by Crippen LogP contribution is 2.37. The Balaban J connectivity index is 1.71. The van der Waals surface area contributed by atoms with Crippen LogP contribution in [0, 0.1) is 5.92 Å². The molecule has 0 aromatic carbocycles. The fourth-order valence-corrected chi connectivity index (χ4v) is 3.02. The van der Waals surface area contributed by atoms with Gasteiger partial charge in [-0.3, -0.25) is 4.79 Å². The van der Waals surface area contributed by atoms with Gasteiger partial charge in [-0.1, -0.05) is 6.42 Å². The first-order valence-corrected chi connectivity index (χ1v) is 6.45. The SMILES string of the molecule is O=C(O)CCCNC(=O)N1CCC2CCCC21. The lowest BCUT2D eigenvalue weighted by molar-refractivity contribution is -0.137. The van der Waals surface area contributed by atoms with E-state index in [0.717, 1.165) is 19.4 Å². The number of rotatable bonds is 4. The first kappa shape index (κ1) is 12.2. The Morgan fingerprint density at radius 2 is 2.12 bits per heavy atom. The van der Waals surface area contributed by atoms with E-state index in [4.69, 9.17) is 5.11 Å². The number of amides is 2. The summed E-state index contributed by atoms with van der Waals surface area (Å²) in [4.78, 5) is 24.2. The largest absolute Gasteiger partial charge is 0.481 e. The van der Waals surface area contributed by atoms with Crippen LogP contribution in [0.2, 0.25) is 0 Å². The van der Waals surface area contributed by atoms with Crippen molar-refractivity contribution in [2.45, 2.75) is 44.6 Å². The van der Waals surface area contributed by atoms with E-state index in [-0.39, 0.29) is 12.5 Å². The second-order valence-electron chi connectivity index (χ2n) is 4.97. The third-order valence-corrected chi connectivity index (χ3v) is 3.86. The summed E-state index contributed by atoms with van der Waals surface area (Å²) in [6.07, 6.45) is 5.38. The van der Waals surface area contributed by atoms with Crippen LogP contribution in [-0.4, -0.2) is 41.1 Å². The number of aliphatic carboxylic acids is 1. The van der Waals surface area contributed by atoms with Gasteiger partial charge in [0.05, 0.1) is 0 Å². The van der Waals surface area contributed by atoms with Gasteiger partial charge >= 0.3 is 12.0 Å². The Hall–Kier alpha value is -1.26. The molecule has 17 heavy (non-hydrogen) atoms. The molecule has 0 bridgehead atoms. The van der Waals surface area contributed by atoms with E-state index >= 15 is 0 Å². The maximum Gasteiger partial charge on any atom is 0.317 e. The lowest BCUT2D eigenvalue weighted by Gasteiger charge is -2.24. The Labute approximate surface area is 101 Å². The summed E-state index contributed by atoms with van der Waals surface area (Å²) < 4.78 is 0. The second-order valence-corrected chi connectivity index (χ2v) is 4.97. The van der Waals surface area contributed by atoms with Crippen LogP contribution in [0.25, 0.3) is 0 Å². The molecule has 0 aromatic heterocycles. The summed E-state index contributed by atoms with van der Waals surface area (Å²) in [6.45, 7) is 1.32.